The van der Waals surface area contributed by atoms with E-state index in [0.717, 1.165) is 38.8 Å². The molecule has 0 heterocycles. The lowest BCUT2D eigenvalue weighted by Gasteiger charge is -2.42. The highest BCUT2D eigenvalue weighted by Crippen LogP contribution is 2.30. The first-order valence-electron chi connectivity index (χ1n) is 8.31. The summed E-state index contributed by atoms with van der Waals surface area (Å²) in [5.74, 6) is 0.918. The molecule has 1 aliphatic carbocycles. The molecule has 0 aromatic rings. The van der Waals surface area contributed by atoms with Gasteiger partial charge in [0.25, 0.3) is 0 Å². The molecule has 1 rings (SSSR count). The number of hydrogen-bond acceptors (Lipinski definition) is 3. The molecule has 1 saturated carbocycles. The van der Waals surface area contributed by atoms with E-state index in [2.05, 4.69) is 37.9 Å². The van der Waals surface area contributed by atoms with Crippen LogP contribution >= 0.6 is 0 Å². The number of rotatable bonds is 9. The van der Waals surface area contributed by atoms with E-state index in [1.54, 1.807) is 0 Å². The van der Waals surface area contributed by atoms with Gasteiger partial charge in [0.2, 0.25) is 0 Å². The third kappa shape index (κ3) is 5.41. The number of hydrogen-bond donors (Lipinski definition) is 1. The van der Waals surface area contributed by atoms with Crippen LogP contribution in [0.4, 0.5) is 0 Å². The van der Waals surface area contributed by atoms with Crippen LogP contribution in [0.1, 0.15) is 53.4 Å². The number of nitrogens with one attached hydrogen (secondary N) is 1. The monoisotopic (exact) mass is 270 g/mol. The summed E-state index contributed by atoms with van der Waals surface area (Å²) < 4.78 is 5.54. The maximum atomic E-state index is 5.54. The number of nitrogens with zero attached hydrogens (tertiary/aromatic N) is 1. The number of ether oxygens (including phenoxy) is 1. The highest BCUT2D eigenvalue weighted by molar-refractivity contribution is 4.90. The van der Waals surface area contributed by atoms with Gasteiger partial charge in [0.1, 0.15) is 0 Å². The minimum absolute atomic E-state index is 0.675. The first kappa shape index (κ1) is 16.9. The lowest BCUT2D eigenvalue weighted by atomic mass is 9.80. The SMILES string of the molecule is CCNC1CCC(CC)CC1N(CC)CCOCC. The Kier molecular flexibility index (Phi) is 8.67. The van der Waals surface area contributed by atoms with E-state index in [4.69, 9.17) is 4.74 Å². The van der Waals surface area contributed by atoms with Crippen LogP contribution in [-0.2, 0) is 4.74 Å². The Hall–Kier alpha value is -0.120. The second kappa shape index (κ2) is 9.73. The van der Waals surface area contributed by atoms with Gasteiger partial charge in [0.05, 0.1) is 6.61 Å². The van der Waals surface area contributed by atoms with Crippen LogP contribution in [0, 0.1) is 5.92 Å². The molecule has 1 aliphatic rings. The van der Waals surface area contributed by atoms with Gasteiger partial charge in [-0.05, 0) is 45.2 Å². The Morgan fingerprint density at radius 1 is 1.16 bits per heavy atom. The van der Waals surface area contributed by atoms with Crippen LogP contribution in [0.2, 0.25) is 0 Å². The molecule has 3 heteroatoms. The molecule has 1 fully saturated rings. The smallest absolute Gasteiger partial charge is 0.0593 e. The van der Waals surface area contributed by atoms with E-state index in [1.807, 2.05) is 0 Å². The molecule has 3 unspecified atom stereocenters. The summed E-state index contributed by atoms with van der Waals surface area (Å²) in [4.78, 5) is 2.63. The highest BCUT2D eigenvalue weighted by Gasteiger charge is 2.32. The van der Waals surface area contributed by atoms with Crippen molar-refractivity contribution in [2.24, 2.45) is 5.92 Å². The zero-order valence-corrected chi connectivity index (χ0v) is 13.5. The zero-order chi connectivity index (χ0) is 14.1. The molecule has 3 nitrogen and oxygen atoms in total. The van der Waals surface area contributed by atoms with E-state index >= 15 is 0 Å². The molecule has 19 heavy (non-hydrogen) atoms. The van der Waals surface area contributed by atoms with Crippen molar-refractivity contribution >= 4 is 0 Å². The molecule has 0 amide bonds. The van der Waals surface area contributed by atoms with Crippen LogP contribution in [0.15, 0.2) is 0 Å². The van der Waals surface area contributed by atoms with Crippen molar-refractivity contribution in [3.8, 4) is 0 Å². The maximum absolute atomic E-state index is 5.54. The van der Waals surface area contributed by atoms with Crippen molar-refractivity contribution in [2.45, 2.75) is 65.5 Å². The Labute approximate surface area is 120 Å². The van der Waals surface area contributed by atoms with Gasteiger partial charge in [-0.25, -0.2) is 0 Å². The molecule has 0 bridgehead atoms. The highest BCUT2D eigenvalue weighted by atomic mass is 16.5. The van der Waals surface area contributed by atoms with Crippen molar-refractivity contribution < 1.29 is 4.74 Å². The third-order valence-electron chi connectivity index (χ3n) is 4.57. The Bertz CT molecular complexity index is 223. The Balaban J connectivity index is 2.58. The third-order valence-corrected chi connectivity index (χ3v) is 4.57. The quantitative estimate of drug-likeness (QED) is 0.652. The molecular weight excluding hydrogens is 236 g/mol. The molecule has 0 spiro atoms. The van der Waals surface area contributed by atoms with Crippen LogP contribution in [0.3, 0.4) is 0 Å². The molecule has 0 aliphatic heterocycles. The summed E-state index contributed by atoms with van der Waals surface area (Å²) >= 11 is 0. The Morgan fingerprint density at radius 2 is 1.95 bits per heavy atom. The van der Waals surface area contributed by atoms with E-state index < -0.39 is 0 Å². The molecular formula is C16H34N2O. The maximum Gasteiger partial charge on any atom is 0.0593 e. The molecule has 0 aromatic heterocycles. The van der Waals surface area contributed by atoms with Gasteiger partial charge in [-0.2, -0.15) is 0 Å². The summed E-state index contributed by atoms with van der Waals surface area (Å²) in [5, 5.41) is 3.70. The van der Waals surface area contributed by atoms with Crippen molar-refractivity contribution in [3.63, 3.8) is 0 Å². The topological polar surface area (TPSA) is 24.5 Å². The average molecular weight is 270 g/mol. The minimum atomic E-state index is 0.675. The fourth-order valence-corrected chi connectivity index (χ4v) is 3.39. The van der Waals surface area contributed by atoms with Crippen LogP contribution in [0.5, 0.6) is 0 Å². The van der Waals surface area contributed by atoms with Crippen molar-refractivity contribution in [2.75, 3.05) is 32.8 Å². The van der Waals surface area contributed by atoms with Gasteiger partial charge >= 0.3 is 0 Å². The molecule has 0 aromatic carbocycles. The predicted molar refractivity (Wildman–Crippen MR) is 82.6 cm³/mol. The van der Waals surface area contributed by atoms with Crippen LogP contribution in [-0.4, -0.2) is 49.8 Å². The zero-order valence-electron chi connectivity index (χ0n) is 13.5. The van der Waals surface area contributed by atoms with Gasteiger partial charge < -0.3 is 10.1 Å². The van der Waals surface area contributed by atoms with Crippen molar-refractivity contribution in [1.82, 2.24) is 10.2 Å². The molecule has 1 N–H and O–H groups in total. The second-order valence-electron chi connectivity index (χ2n) is 5.64. The van der Waals surface area contributed by atoms with E-state index in [9.17, 15) is 0 Å². The molecule has 0 radical (unpaired) electrons. The Morgan fingerprint density at radius 3 is 2.53 bits per heavy atom. The molecule has 114 valence electrons. The fourth-order valence-electron chi connectivity index (χ4n) is 3.39. The van der Waals surface area contributed by atoms with E-state index in [1.165, 1.54) is 25.7 Å². The van der Waals surface area contributed by atoms with Crippen LogP contribution < -0.4 is 5.32 Å². The minimum Gasteiger partial charge on any atom is -0.380 e. The first-order valence-corrected chi connectivity index (χ1v) is 8.31. The van der Waals surface area contributed by atoms with Gasteiger partial charge in [0.15, 0.2) is 0 Å². The largest absolute Gasteiger partial charge is 0.380 e. The predicted octanol–water partition coefficient (Wildman–Crippen LogP) is 2.90. The molecule has 3 atom stereocenters. The second-order valence-corrected chi connectivity index (χ2v) is 5.64. The fraction of sp³-hybridized carbons (Fsp3) is 1.00. The summed E-state index contributed by atoms with van der Waals surface area (Å²) in [6.07, 6.45) is 5.42. The first-order chi connectivity index (χ1) is 9.26. The van der Waals surface area contributed by atoms with Crippen molar-refractivity contribution in [3.05, 3.63) is 0 Å². The average Bonchev–Trinajstić information content (AvgIpc) is 2.45. The lowest BCUT2D eigenvalue weighted by Crippen LogP contribution is -2.54. The lowest BCUT2D eigenvalue weighted by molar-refractivity contribution is 0.0598. The molecule has 0 saturated heterocycles. The summed E-state index contributed by atoms with van der Waals surface area (Å²) in [6, 6.07) is 1.37. The van der Waals surface area contributed by atoms with E-state index in [-0.39, 0.29) is 0 Å². The van der Waals surface area contributed by atoms with Gasteiger partial charge in [-0.3, -0.25) is 4.90 Å². The summed E-state index contributed by atoms with van der Waals surface area (Å²) in [5.41, 5.74) is 0. The van der Waals surface area contributed by atoms with Crippen LogP contribution in [0.25, 0.3) is 0 Å². The summed E-state index contributed by atoms with van der Waals surface area (Å²) in [7, 11) is 0. The van der Waals surface area contributed by atoms with E-state index in [0.29, 0.717) is 12.1 Å². The standard InChI is InChI=1S/C16H34N2O/c1-5-14-9-10-15(17-6-2)16(13-14)18(7-3)11-12-19-8-4/h14-17H,5-13H2,1-4H3. The van der Waals surface area contributed by atoms with Crippen molar-refractivity contribution in [1.29, 1.82) is 0 Å². The number of likely N-dealkylation sites (N-methyl/N-ethyl adjacent to an activating group) is 2. The van der Waals surface area contributed by atoms with Gasteiger partial charge in [0, 0.05) is 25.2 Å². The normalized spacial score (nSPS) is 27.9. The van der Waals surface area contributed by atoms with Gasteiger partial charge in [-0.15, -0.1) is 0 Å². The summed E-state index contributed by atoms with van der Waals surface area (Å²) in [6.45, 7) is 13.9. The van der Waals surface area contributed by atoms with Gasteiger partial charge in [-0.1, -0.05) is 27.2 Å².